The van der Waals surface area contributed by atoms with Crippen LogP contribution in [0.15, 0.2) is 0 Å². The van der Waals surface area contributed by atoms with Crippen molar-refractivity contribution in [3.05, 3.63) is 0 Å². The average Bonchev–Trinajstić information content (AvgIpc) is 1.97. The van der Waals surface area contributed by atoms with Crippen LogP contribution >= 0.6 is 0 Å². The molecule has 0 spiro atoms. The van der Waals surface area contributed by atoms with E-state index in [2.05, 4.69) is 24.5 Å². The molecule has 62 valence electrons. The predicted molar refractivity (Wildman–Crippen MR) is 44.8 cm³/mol. The molecule has 4 N–H and O–H groups in total. The van der Waals surface area contributed by atoms with Gasteiger partial charge >= 0.3 is 0 Å². The molecule has 10 heavy (non-hydrogen) atoms. The van der Waals surface area contributed by atoms with Crippen LogP contribution in [-0.4, -0.2) is 25.8 Å². The average molecular weight is 145 g/mol. The van der Waals surface area contributed by atoms with Gasteiger partial charge in [-0.05, 0) is 19.9 Å². The van der Waals surface area contributed by atoms with Crippen LogP contribution in [-0.2, 0) is 0 Å². The molecular weight excluding hydrogens is 126 g/mol. The Hall–Kier alpha value is -0.120. The van der Waals surface area contributed by atoms with Crippen molar-refractivity contribution in [3.8, 4) is 0 Å². The van der Waals surface area contributed by atoms with Crippen LogP contribution in [0.25, 0.3) is 0 Å². The molecule has 3 nitrogen and oxygen atoms in total. The highest BCUT2D eigenvalue weighted by molar-refractivity contribution is 4.56. The van der Waals surface area contributed by atoms with Gasteiger partial charge in [0, 0.05) is 13.1 Å². The molecule has 0 aliphatic rings. The van der Waals surface area contributed by atoms with Crippen molar-refractivity contribution < 1.29 is 0 Å². The fraction of sp³-hybridized carbons (Fsp3) is 1.00. The normalized spacial score (nSPS) is 13.5. The van der Waals surface area contributed by atoms with E-state index in [1.165, 1.54) is 6.42 Å². The van der Waals surface area contributed by atoms with Gasteiger partial charge in [0.05, 0.1) is 6.17 Å². The Morgan fingerprint density at radius 3 is 2.40 bits per heavy atom. The highest BCUT2D eigenvalue weighted by Crippen LogP contribution is 1.75. The van der Waals surface area contributed by atoms with Crippen LogP contribution in [0.4, 0.5) is 0 Å². The molecule has 0 aliphatic heterocycles. The van der Waals surface area contributed by atoms with Crippen LogP contribution in [0, 0.1) is 0 Å². The van der Waals surface area contributed by atoms with E-state index in [4.69, 9.17) is 5.73 Å². The Kier molecular flexibility index (Phi) is 6.91. The molecular formula is C7H19N3. The van der Waals surface area contributed by atoms with E-state index in [-0.39, 0.29) is 0 Å². The molecule has 0 fully saturated rings. The molecule has 0 rings (SSSR count). The SMILES string of the molecule is CCCNC(C)NCCN. The third-order valence-corrected chi connectivity index (χ3v) is 1.30. The van der Waals surface area contributed by atoms with Gasteiger partial charge in [-0.25, -0.2) is 0 Å². The maximum atomic E-state index is 5.32. The second-order valence-corrected chi connectivity index (χ2v) is 2.42. The summed E-state index contributed by atoms with van der Waals surface area (Å²) in [4.78, 5) is 0. The molecule has 0 saturated carbocycles. The zero-order valence-electron chi connectivity index (χ0n) is 6.98. The van der Waals surface area contributed by atoms with Crippen molar-refractivity contribution in [2.75, 3.05) is 19.6 Å². The second-order valence-electron chi connectivity index (χ2n) is 2.42. The summed E-state index contributed by atoms with van der Waals surface area (Å²) in [6.45, 7) is 6.92. The van der Waals surface area contributed by atoms with Crippen LogP contribution in [0.2, 0.25) is 0 Å². The Balaban J connectivity index is 3.00. The van der Waals surface area contributed by atoms with Gasteiger partial charge in [0.1, 0.15) is 0 Å². The quantitative estimate of drug-likeness (QED) is 0.457. The first-order valence-corrected chi connectivity index (χ1v) is 3.98. The largest absolute Gasteiger partial charge is 0.329 e. The van der Waals surface area contributed by atoms with E-state index >= 15 is 0 Å². The standard InChI is InChI=1S/C7H19N3/c1-3-5-9-7(2)10-6-4-8/h7,9-10H,3-6,8H2,1-2H3. The Morgan fingerprint density at radius 1 is 1.30 bits per heavy atom. The molecule has 0 radical (unpaired) electrons. The lowest BCUT2D eigenvalue weighted by atomic mass is 10.4. The van der Waals surface area contributed by atoms with Crippen molar-refractivity contribution in [1.29, 1.82) is 0 Å². The van der Waals surface area contributed by atoms with E-state index in [1.54, 1.807) is 0 Å². The maximum Gasteiger partial charge on any atom is 0.0542 e. The van der Waals surface area contributed by atoms with Crippen molar-refractivity contribution in [2.45, 2.75) is 26.4 Å². The molecule has 1 atom stereocenters. The highest BCUT2D eigenvalue weighted by atomic mass is 15.1. The molecule has 1 unspecified atom stereocenters. The van der Waals surface area contributed by atoms with Crippen LogP contribution in [0.3, 0.4) is 0 Å². The summed E-state index contributed by atoms with van der Waals surface area (Å²) in [5.74, 6) is 0. The zero-order chi connectivity index (χ0) is 7.82. The summed E-state index contributed by atoms with van der Waals surface area (Å²) in [6, 6.07) is 0. The van der Waals surface area contributed by atoms with E-state index in [0.29, 0.717) is 12.7 Å². The van der Waals surface area contributed by atoms with Gasteiger partial charge in [-0.3, -0.25) is 0 Å². The van der Waals surface area contributed by atoms with E-state index < -0.39 is 0 Å². The van der Waals surface area contributed by atoms with Gasteiger partial charge < -0.3 is 16.4 Å². The molecule has 3 heteroatoms. The van der Waals surface area contributed by atoms with E-state index in [0.717, 1.165) is 13.1 Å². The van der Waals surface area contributed by atoms with Crippen molar-refractivity contribution >= 4 is 0 Å². The fourth-order valence-corrected chi connectivity index (χ4v) is 0.733. The Morgan fingerprint density at radius 2 is 1.90 bits per heavy atom. The molecule has 0 heterocycles. The van der Waals surface area contributed by atoms with Gasteiger partial charge in [0.25, 0.3) is 0 Å². The summed E-state index contributed by atoms with van der Waals surface area (Å²) in [5.41, 5.74) is 5.32. The first kappa shape index (κ1) is 9.88. The minimum absolute atomic E-state index is 0.392. The van der Waals surface area contributed by atoms with Crippen molar-refractivity contribution in [2.24, 2.45) is 5.73 Å². The van der Waals surface area contributed by atoms with E-state index in [1.807, 2.05) is 0 Å². The lowest BCUT2D eigenvalue weighted by Crippen LogP contribution is -2.42. The smallest absolute Gasteiger partial charge is 0.0542 e. The van der Waals surface area contributed by atoms with Crippen LogP contribution in [0.1, 0.15) is 20.3 Å². The minimum Gasteiger partial charge on any atom is -0.329 e. The molecule has 0 aromatic carbocycles. The Bertz CT molecular complexity index is 57.9. The number of hydrogen-bond acceptors (Lipinski definition) is 3. The third kappa shape index (κ3) is 6.01. The van der Waals surface area contributed by atoms with Crippen LogP contribution < -0.4 is 16.4 Å². The fourth-order valence-electron chi connectivity index (χ4n) is 0.733. The molecule has 0 aromatic heterocycles. The molecule has 0 saturated heterocycles. The first-order valence-electron chi connectivity index (χ1n) is 3.98. The lowest BCUT2D eigenvalue weighted by Gasteiger charge is -2.13. The third-order valence-electron chi connectivity index (χ3n) is 1.30. The summed E-state index contributed by atoms with van der Waals surface area (Å²) < 4.78 is 0. The molecule has 0 bridgehead atoms. The number of hydrogen-bond donors (Lipinski definition) is 3. The van der Waals surface area contributed by atoms with Gasteiger partial charge in [-0.1, -0.05) is 6.92 Å². The summed E-state index contributed by atoms with van der Waals surface area (Å²) in [7, 11) is 0. The highest BCUT2D eigenvalue weighted by Gasteiger charge is 1.94. The zero-order valence-corrected chi connectivity index (χ0v) is 6.98. The Labute approximate surface area is 63.4 Å². The maximum absolute atomic E-state index is 5.32. The number of nitrogens with two attached hydrogens (primary N) is 1. The molecule has 0 amide bonds. The van der Waals surface area contributed by atoms with Crippen LogP contribution in [0.5, 0.6) is 0 Å². The van der Waals surface area contributed by atoms with Crippen molar-refractivity contribution in [1.82, 2.24) is 10.6 Å². The first-order chi connectivity index (χ1) is 4.81. The predicted octanol–water partition coefficient (Wildman–Crippen LogP) is -0.120. The lowest BCUT2D eigenvalue weighted by molar-refractivity contribution is 0.459. The van der Waals surface area contributed by atoms with Gasteiger partial charge in [-0.2, -0.15) is 0 Å². The molecule has 0 aromatic rings. The summed E-state index contributed by atoms with van der Waals surface area (Å²) in [5, 5.41) is 6.53. The minimum atomic E-state index is 0.392. The number of rotatable bonds is 6. The molecule has 0 aliphatic carbocycles. The van der Waals surface area contributed by atoms with Gasteiger partial charge in [0.2, 0.25) is 0 Å². The van der Waals surface area contributed by atoms with Gasteiger partial charge in [0.15, 0.2) is 0 Å². The van der Waals surface area contributed by atoms with Gasteiger partial charge in [-0.15, -0.1) is 0 Å². The topological polar surface area (TPSA) is 50.1 Å². The summed E-state index contributed by atoms with van der Waals surface area (Å²) >= 11 is 0. The summed E-state index contributed by atoms with van der Waals surface area (Å²) in [6.07, 6.45) is 1.57. The monoisotopic (exact) mass is 145 g/mol. The number of nitrogens with one attached hydrogen (secondary N) is 2. The second kappa shape index (κ2) is 6.99. The van der Waals surface area contributed by atoms with Crippen molar-refractivity contribution in [3.63, 3.8) is 0 Å². The van der Waals surface area contributed by atoms with E-state index in [9.17, 15) is 0 Å².